The summed E-state index contributed by atoms with van der Waals surface area (Å²) in [4.78, 5) is 24.2. The van der Waals surface area contributed by atoms with E-state index in [1.807, 2.05) is 0 Å². The van der Waals surface area contributed by atoms with E-state index in [-0.39, 0.29) is 10.8 Å². The third-order valence-electron chi connectivity index (χ3n) is 4.75. The minimum Gasteiger partial charge on any atom is -0.496 e. The van der Waals surface area contributed by atoms with E-state index in [1.165, 1.54) is 26.2 Å². The van der Waals surface area contributed by atoms with E-state index in [1.54, 1.807) is 67.6 Å². The molecule has 0 bridgehead atoms. The van der Waals surface area contributed by atoms with Gasteiger partial charge in [0.2, 0.25) is 11.8 Å². The van der Waals surface area contributed by atoms with E-state index < -0.39 is 22.5 Å². The predicted octanol–water partition coefficient (Wildman–Crippen LogP) is 3.80. The monoisotopic (exact) mass is 467 g/mol. The van der Waals surface area contributed by atoms with E-state index >= 15 is 0 Å². The van der Waals surface area contributed by atoms with Gasteiger partial charge in [0.05, 0.1) is 17.7 Å². The smallest absolute Gasteiger partial charge is 0.264 e. The van der Waals surface area contributed by atoms with Gasteiger partial charge in [-0.05, 0) is 61.0 Å². The first-order valence-corrected chi connectivity index (χ1v) is 11.5. The lowest BCUT2D eigenvalue weighted by atomic mass is 10.2. The van der Waals surface area contributed by atoms with Crippen LogP contribution in [-0.4, -0.2) is 33.9 Å². The van der Waals surface area contributed by atoms with E-state index in [0.29, 0.717) is 28.4 Å². The van der Waals surface area contributed by atoms with Crippen LogP contribution in [0, 0.1) is 6.92 Å². The molecule has 0 aliphatic heterocycles. The highest BCUT2D eigenvalue weighted by Gasteiger charge is 2.27. The first kappa shape index (κ1) is 23.8. The molecule has 0 atom stereocenters. The summed E-state index contributed by atoms with van der Waals surface area (Å²) in [6.07, 6.45) is 0. The fraction of sp³-hybridized carbons (Fsp3) is 0.167. The summed E-state index contributed by atoms with van der Waals surface area (Å²) >= 11 is 0. The molecule has 2 N–H and O–H groups in total. The van der Waals surface area contributed by atoms with E-state index in [9.17, 15) is 18.0 Å². The van der Waals surface area contributed by atoms with Crippen LogP contribution in [0.4, 0.5) is 17.1 Å². The quantitative estimate of drug-likeness (QED) is 0.524. The van der Waals surface area contributed by atoms with Crippen molar-refractivity contribution < 1.29 is 22.7 Å². The molecule has 2 amide bonds. The topological polar surface area (TPSA) is 105 Å². The van der Waals surface area contributed by atoms with Crippen molar-refractivity contribution in [3.63, 3.8) is 0 Å². The van der Waals surface area contributed by atoms with Crippen LogP contribution >= 0.6 is 0 Å². The van der Waals surface area contributed by atoms with Crippen molar-refractivity contribution >= 4 is 38.9 Å². The average Bonchev–Trinajstić information content (AvgIpc) is 2.77. The van der Waals surface area contributed by atoms with E-state index in [0.717, 1.165) is 4.31 Å². The van der Waals surface area contributed by atoms with Gasteiger partial charge in [-0.3, -0.25) is 13.9 Å². The van der Waals surface area contributed by atoms with Gasteiger partial charge in [0.15, 0.2) is 0 Å². The highest BCUT2D eigenvalue weighted by molar-refractivity contribution is 7.92. The van der Waals surface area contributed by atoms with Crippen molar-refractivity contribution in [3.8, 4) is 5.75 Å². The van der Waals surface area contributed by atoms with Crippen LogP contribution in [0.2, 0.25) is 0 Å². The lowest BCUT2D eigenvalue weighted by Gasteiger charge is -2.24. The summed E-state index contributed by atoms with van der Waals surface area (Å²) in [5.74, 6) is -0.209. The molecule has 3 aromatic carbocycles. The summed E-state index contributed by atoms with van der Waals surface area (Å²) in [6, 6.07) is 19.6. The molecule has 0 aliphatic carbocycles. The van der Waals surface area contributed by atoms with Crippen molar-refractivity contribution in [2.45, 2.75) is 18.7 Å². The minimum atomic E-state index is -4.05. The van der Waals surface area contributed by atoms with Gasteiger partial charge in [-0.1, -0.05) is 24.3 Å². The number of ether oxygens (including phenoxy) is 1. The molecule has 33 heavy (non-hydrogen) atoms. The lowest BCUT2D eigenvalue weighted by molar-refractivity contribution is -0.115. The molecule has 8 nitrogen and oxygen atoms in total. The zero-order valence-corrected chi connectivity index (χ0v) is 19.3. The number of nitrogens with zero attached hydrogens (tertiary/aromatic N) is 1. The van der Waals surface area contributed by atoms with Crippen LogP contribution in [0.5, 0.6) is 5.75 Å². The van der Waals surface area contributed by atoms with E-state index in [4.69, 9.17) is 4.74 Å². The number of para-hydroxylation sites is 1. The van der Waals surface area contributed by atoms with Gasteiger partial charge in [-0.15, -0.1) is 0 Å². The number of sulfonamides is 1. The number of anilines is 3. The first-order valence-electron chi connectivity index (χ1n) is 10.1. The molecule has 0 fully saturated rings. The standard InChI is InChI=1S/C24H25N3O5S/c1-17-14-22(12-13-23(17)32-3)33(30,31)27(21-10-5-4-6-11-21)16-24(29)26-20-9-7-8-19(15-20)25-18(2)28/h4-15H,16H2,1-3H3,(H,25,28)(H,26,29). The molecule has 0 aliphatic rings. The van der Waals surface area contributed by atoms with E-state index in [2.05, 4.69) is 10.6 Å². The number of rotatable bonds is 8. The molecule has 3 rings (SSSR count). The van der Waals surface area contributed by atoms with Gasteiger partial charge in [0, 0.05) is 18.3 Å². The second-order valence-electron chi connectivity index (χ2n) is 7.29. The first-order chi connectivity index (χ1) is 15.7. The fourth-order valence-electron chi connectivity index (χ4n) is 3.26. The zero-order valence-electron chi connectivity index (χ0n) is 18.5. The molecule has 172 valence electrons. The molecule has 0 heterocycles. The SMILES string of the molecule is COc1ccc(S(=O)(=O)N(CC(=O)Nc2cccc(NC(C)=O)c2)c2ccccc2)cc1C. The minimum absolute atomic E-state index is 0.0464. The van der Waals surface area contributed by atoms with Crippen molar-refractivity contribution in [2.24, 2.45) is 0 Å². The molecule has 0 saturated heterocycles. The van der Waals surface area contributed by atoms with Gasteiger partial charge in [-0.2, -0.15) is 0 Å². The molecule has 0 aromatic heterocycles. The van der Waals surface area contributed by atoms with Gasteiger partial charge >= 0.3 is 0 Å². The van der Waals surface area contributed by atoms with Gasteiger partial charge < -0.3 is 15.4 Å². The Morgan fingerprint density at radius 1 is 0.909 bits per heavy atom. The Balaban J connectivity index is 1.90. The maximum absolute atomic E-state index is 13.5. The summed E-state index contributed by atoms with van der Waals surface area (Å²) in [6.45, 7) is 2.69. The number of carbonyl (C=O) groups is 2. The van der Waals surface area contributed by atoms with Crippen LogP contribution in [0.1, 0.15) is 12.5 Å². The summed E-state index contributed by atoms with van der Waals surface area (Å²) in [5, 5.41) is 5.33. The molecule has 0 saturated carbocycles. The Morgan fingerprint density at radius 3 is 2.18 bits per heavy atom. The maximum atomic E-state index is 13.5. The molecular weight excluding hydrogens is 442 g/mol. The number of carbonyl (C=O) groups excluding carboxylic acids is 2. The Labute approximate surface area is 193 Å². The number of hydrogen-bond donors (Lipinski definition) is 2. The Morgan fingerprint density at radius 2 is 1.58 bits per heavy atom. The number of amides is 2. The highest BCUT2D eigenvalue weighted by Crippen LogP contribution is 2.27. The Hall–Kier alpha value is -3.85. The largest absolute Gasteiger partial charge is 0.496 e. The lowest BCUT2D eigenvalue weighted by Crippen LogP contribution is -2.38. The number of hydrogen-bond acceptors (Lipinski definition) is 5. The second-order valence-corrected chi connectivity index (χ2v) is 9.15. The maximum Gasteiger partial charge on any atom is 0.264 e. The van der Waals surface area contributed by atoms with Crippen LogP contribution in [0.25, 0.3) is 0 Å². The highest BCUT2D eigenvalue weighted by atomic mass is 32.2. The normalized spacial score (nSPS) is 10.9. The summed E-state index contributed by atoms with van der Waals surface area (Å²) in [5.41, 5.74) is 1.96. The molecule has 9 heteroatoms. The number of aryl methyl sites for hydroxylation is 1. The Bertz CT molecular complexity index is 1260. The van der Waals surface area contributed by atoms with Crippen molar-refractivity contribution in [1.82, 2.24) is 0 Å². The Kier molecular flexibility index (Phi) is 7.34. The fourth-order valence-corrected chi connectivity index (χ4v) is 4.76. The van der Waals surface area contributed by atoms with Crippen molar-refractivity contribution in [3.05, 3.63) is 78.4 Å². The van der Waals surface area contributed by atoms with Gasteiger partial charge in [-0.25, -0.2) is 8.42 Å². The van der Waals surface area contributed by atoms with Crippen LogP contribution < -0.4 is 19.7 Å². The second kappa shape index (κ2) is 10.2. The number of methoxy groups -OCH3 is 1. The average molecular weight is 468 g/mol. The van der Waals surface area contributed by atoms with Crippen LogP contribution in [0.3, 0.4) is 0 Å². The van der Waals surface area contributed by atoms with Crippen molar-refractivity contribution in [2.75, 3.05) is 28.6 Å². The molecule has 0 spiro atoms. The van der Waals surface area contributed by atoms with Crippen LogP contribution in [-0.2, 0) is 19.6 Å². The van der Waals surface area contributed by atoms with Gasteiger partial charge in [0.25, 0.3) is 10.0 Å². The molecule has 3 aromatic rings. The van der Waals surface area contributed by atoms with Crippen molar-refractivity contribution in [1.29, 1.82) is 0 Å². The number of nitrogens with one attached hydrogen (secondary N) is 2. The molecular formula is C24H25N3O5S. The van der Waals surface area contributed by atoms with Gasteiger partial charge in [0.1, 0.15) is 12.3 Å². The summed E-state index contributed by atoms with van der Waals surface area (Å²) in [7, 11) is -2.54. The predicted molar refractivity (Wildman–Crippen MR) is 128 cm³/mol. The molecule has 0 unspecified atom stereocenters. The third kappa shape index (κ3) is 5.89. The van der Waals surface area contributed by atoms with Crippen LogP contribution in [0.15, 0.2) is 77.7 Å². The zero-order chi connectivity index (χ0) is 24.0. The third-order valence-corrected chi connectivity index (χ3v) is 6.52. The molecule has 0 radical (unpaired) electrons. The number of benzene rings is 3. The summed E-state index contributed by atoms with van der Waals surface area (Å²) < 4.78 is 33.3.